The van der Waals surface area contributed by atoms with Crippen molar-refractivity contribution in [2.75, 3.05) is 65.4 Å². The molecule has 13 heteroatoms. The standard InChI is InChI=1S/C40H54FN5O7/c1-5-27-9-11-28(12-10-27)32-25-29(13-14-34(32)51-30-15-18-46(26-30)39(50)53-40(2,3)4)36(47)43-21-23-44(24-22-43)37(48)31-7-6-8-33(41)35(31)52-38(49)45-19-16-42-17-20-45/h6-8,13-14,25,27-28,30,42H,5,9-12,15-24,26H2,1-4H3/t27?,28?,30-/m0/s1. The van der Waals surface area contributed by atoms with Crippen molar-refractivity contribution in [3.63, 3.8) is 0 Å². The molecule has 4 amide bonds. The molecule has 6 rings (SSSR count). The van der Waals surface area contributed by atoms with Crippen LogP contribution in [0.5, 0.6) is 11.5 Å². The first-order valence-corrected chi connectivity index (χ1v) is 19.2. The number of ether oxygens (including phenoxy) is 3. The van der Waals surface area contributed by atoms with Gasteiger partial charge in [-0.25, -0.2) is 14.0 Å². The fourth-order valence-electron chi connectivity index (χ4n) is 7.73. The Morgan fingerprint density at radius 1 is 0.792 bits per heavy atom. The van der Waals surface area contributed by atoms with E-state index in [9.17, 15) is 23.6 Å². The van der Waals surface area contributed by atoms with Crippen LogP contribution in [0.4, 0.5) is 14.0 Å². The lowest BCUT2D eigenvalue weighted by atomic mass is 9.77. The van der Waals surface area contributed by atoms with Gasteiger partial charge in [0.25, 0.3) is 11.8 Å². The van der Waals surface area contributed by atoms with Gasteiger partial charge in [-0.1, -0.05) is 19.4 Å². The van der Waals surface area contributed by atoms with Gasteiger partial charge in [0.1, 0.15) is 17.5 Å². The zero-order valence-corrected chi connectivity index (χ0v) is 31.5. The Labute approximate surface area is 311 Å². The molecule has 4 fully saturated rings. The summed E-state index contributed by atoms with van der Waals surface area (Å²) < 4.78 is 32.5. The molecule has 0 aromatic heterocycles. The summed E-state index contributed by atoms with van der Waals surface area (Å²) in [5.74, 6) is -0.00963. The molecule has 0 unspecified atom stereocenters. The summed E-state index contributed by atoms with van der Waals surface area (Å²) >= 11 is 0. The predicted molar refractivity (Wildman–Crippen MR) is 197 cm³/mol. The Bertz CT molecular complexity index is 1640. The van der Waals surface area contributed by atoms with Crippen molar-refractivity contribution in [1.29, 1.82) is 0 Å². The first-order chi connectivity index (χ1) is 25.4. The number of piperazine rings is 2. The number of nitrogens with zero attached hydrogens (tertiary/aromatic N) is 4. The highest BCUT2D eigenvalue weighted by Gasteiger charge is 2.34. The molecule has 0 spiro atoms. The number of nitrogens with one attached hydrogen (secondary N) is 1. The SMILES string of the molecule is CCC1CCC(c2cc(C(=O)N3CCN(C(=O)c4cccc(F)c4OC(=O)N4CCNCC4)CC3)ccc2O[C@H]2CCN(C(=O)OC(C)(C)C)C2)CC1. The van der Waals surface area contributed by atoms with Gasteiger partial charge in [0, 0.05) is 70.9 Å². The number of amides is 4. The smallest absolute Gasteiger partial charge is 0.415 e. The molecule has 1 N–H and O–H groups in total. The fourth-order valence-corrected chi connectivity index (χ4v) is 7.73. The second-order valence-electron chi connectivity index (χ2n) is 15.6. The van der Waals surface area contributed by atoms with Crippen LogP contribution in [-0.4, -0.2) is 121 Å². The molecular formula is C40H54FN5O7. The molecular weight excluding hydrogens is 681 g/mol. The van der Waals surface area contributed by atoms with Gasteiger partial charge in [0.2, 0.25) is 0 Å². The number of halogens is 1. The first-order valence-electron chi connectivity index (χ1n) is 19.2. The molecule has 2 aromatic carbocycles. The van der Waals surface area contributed by atoms with E-state index in [2.05, 4.69) is 12.2 Å². The van der Waals surface area contributed by atoms with Crippen molar-refractivity contribution in [3.8, 4) is 11.5 Å². The van der Waals surface area contributed by atoms with E-state index in [1.807, 2.05) is 39.0 Å². The summed E-state index contributed by atoms with van der Waals surface area (Å²) in [5.41, 5.74) is 1.00. The molecule has 3 heterocycles. The second kappa shape index (κ2) is 16.7. The zero-order chi connectivity index (χ0) is 37.7. The van der Waals surface area contributed by atoms with Crippen molar-refractivity contribution in [1.82, 2.24) is 24.9 Å². The molecule has 12 nitrogen and oxygen atoms in total. The van der Waals surface area contributed by atoms with Gasteiger partial charge >= 0.3 is 12.2 Å². The molecule has 2 aromatic rings. The Kier molecular flexibility index (Phi) is 12.1. The number of likely N-dealkylation sites (tertiary alicyclic amines) is 1. The third-order valence-electron chi connectivity index (χ3n) is 10.8. The summed E-state index contributed by atoms with van der Waals surface area (Å²) in [4.78, 5) is 59.5. The summed E-state index contributed by atoms with van der Waals surface area (Å²) in [6, 6.07) is 9.75. The number of benzene rings is 2. The van der Waals surface area contributed by atoms with Crippen molar-refractivity contribution in [2.45, 2.75) is 83.8 Å². The van der Waals surface area contributed by atoms with Crippen LogP contribution in [0, 0.1) is 11.7 Å². The van der Waals surface area contributed by atoms with E-state index in [-0.39, 0.29) is 48.4 Å². The highest BCUT2D eigenvalue weighted by Crippen LogP contribution is 2.41. The Morgan fingerprint density at radius 2 is 1.47 bits per heavy atom. The van der Waals surface area contributed by atoms with Crippen LogP contribution < -0.4 is 14.8 Å². The van der Waals surface area contributed by atoms with Gasteiger partial charge in [-0.2, -0.15) is 0 Å². The Morgan fingerprint density at radius 3 is 2.13 bits per heavy atom. The summed E-state index contributed by atoms with van der Waals surface area (Å²) in [6.45, 7) is 12.0. The number of rotatable bonds is 7. The molecule has 1 saturated carbocycles. The first kappa shape index (κ1) is 38.3. The molecule has 3 saturated heterocycles. The number of hydrogen-bond donors (Lipinski definition) is 1. The summed E-state index contributed by atoms with van der Waals surface area (Å²) in [6.07, 6.45) is 4.96. The van der Waals surface area contributed by atoms with Gasteiger partial charge in [-0.05, 0) is 94.2 Å². The van der Waals surface area contributed by atoms with Crippen LogP contribution >= 0.6 is 0 Å². The van der Waals surface area contributed by atoms with E-state index in [0.717, 1.165) is 43.4 Å². The Hall–Kier alpha value is -4.39. The maximum atomic E-state index is 14.9. The summed E-state index contributed by atoms with van der Waals surface area (Å²) in [5, 5.41) is 3.15. The summed E-state index contributed by atoms with van der Waals surface area (Å²) in [7, 11) is 0. The second-order valence-corrected chi connectivity index (χ2v) is 15.6. The average molecular weight is 736 g/mol. The van der Waals surface area contributed by atoms with E-state index < -0.39 is 23.4 Å². The molecule has 0 radical (unpaired) electrons. The highest BCUT2D eigenvalue weighted by atomic mass is 19.1. The largest absolute Gasteiger partial charge is 0.488 e. The van der Waals surface area contributed by atoms with Gasteiger partial charge in [0.15, 0.2) is 11.6 Å². The molecule has 53 heavy (non-hydrogen) atoms. The maximum absolute atomic E-state index is 14.9. The predicted octanol–water partition coefficient (Wildman–Crippen LogP) is 5.90. The minimum atomic E-state index is -0.784. The zero-order valence-electron chi connectivity index (χ0n) is 31.5. The minimum absolute atomic E-state index is 0.0252. The van der Waals surface area contributed by atoms with Crippen LogP contribution in [-0.2, 0) is 4.74 Å². The van der Waals surface area contributed by atoms with E-state index >= 15 is 0 Å². The van der Waals surface area contributed by atoms with Gasteiger partial charge in [0.05, 0.1) is 12.1 Å². The van der Waals surface area contributed by atoms with Crippen LogP contribution in [0.3, 0.4) is 0 Å². The number of carbonyl (C=O) groups excluding carboxylic acids is 4. The number of para-hydroxylation sites is 1. The van der Waals surface area contributed by atoms with Crippen LogP contribution in [0.2, 0.25) is 0 Å². The van der Waals surface area contributed by atoms with Crippen molar-refractivity contribution >= 4 is 24.0 Å². The Balaban J connectivity index is 1.12. The number of carbonyl (C=O) groups is 4. The lowest BCUT2D eigenvalue weighted by Gasteiger charge is -2.35. The van der Waals surface area contributed by atoms with Crippen molar-refractivity contribution in [2.24, 2.45) is 5.92 Å². The molecule has 4 aliphatic rings. The quantitative estimate of drug-likeness (QED) is 0.374. The lowest BCUT2D eigenvalue weighted by Crippen LogP contribution is -2.50. The van der Waals surface area contributed by atoms with Gasteiger partial charge in [-0.3, -0.25) is 9.59 Å². The third kappa shape index (κ3) is 9.41. The van der Waals surface area contributed by atoms with Crippen molar-refractivity contribution < 1.29 is 37.8 Å². The van der Waals surface area contributed by atoms with E-state index in [0.29, 0.717) is 70.3 Å². The molecule has 1 aliphatic carbocycles. The van der Waals surface area contributed by atoms with E-state index in [4.69, 9.17) is 14.2 Å². The van der Waals surface area contributed by atoms with Crippen LogP contribution in [0.1, 0.15) is 98.4 Å². The molecule has 1 atom stereocenters. The van der Waals surface area contributed by atoms with Gasteiger partial charge in [-0.15, -0.1) is 0 Å². The topological polar surface area (TPSA) is 121 Å². The molecule has 3 aliphatic heterocycles. The average Bonchev–Trinajstić information content (AvgIpc) is 3.64. The lowest BCUT2D eigenvalue weighted by molar-refractivity contribution is 0.0275. The monoisotopic (exact) mass is 735 g/mol. The van der Waals surface area contributed by atoms with E-state index in [1.54, 1.807) is 14.7 Å². The van der Waals surface area contributed by atoms with E-state index in [1.165, 1.54) is 23.1 Å². The minimum Gasteiger partial charge on any atom is -0.488 e. The van der Waals surface area contributed by atoms with Crippen LogP contribution in [0.15, 0.2) is 36.4 Å². The fraction of sp³-hybridized carbons (Fsp3) is 0.600. The highest BCUT2D eigenvalue weighted by molar-refractivity contribution is 5.98. The molecule has 0 bridgehead atoms. The normalized spacial score (nSPS) is 22.4. The maximum Gasteiger partial charge on any atom is 0.415 e. The van der Waals surface area contributed by atoms with Crippen molar-refractivity contribution in [3.05, 3.63) is 58.9 Å². The molecule has 288 valence electrons. The third-order valence-corrected chi connectivity index (χ3v) is 10.8. The number of hydrogen-bond acceptors (Lipinski definition) is 8. The van der Waals surface area contributed by atoms with Crippen LogP contribution in [0.25, 0.3) is 0 Å². The van der Waals surface area contributed by atoms with Gasteiger partial charge < -0.3 is 39.1 Å².